The Balaban J connectivity index is 2.09. The Morgan fingerprint density at radius 3 is 2.19 bits per heavy atom. The lowest BCUT2D eigenvalue weighted by atomic mass is 9.92. The summed E-state index contributed by atoms with van der Waals surface area (Å²) in [4.78, 5) is 0. The van der Waals surface area contributed by atoms with Crippen molar-refractivity contribution in [3.05, 3.63) is 82.9 Å². The summed E-state index contributed by atoms with van der Waals surface area (Å²) >= 11 is 5.91. The van der Waals surface area contributed by atoms with Crippen LogP contribution in [-0.2, 0) is 6.42 Å². The highest BCUT2D eigenvalue weighted by Crippen LogP contribution is 2.37. The molecule has 0 nitrogen and oxygen atoms in total. The van der Waals surface area contributed by atoms with Crippen LogP contribution < -0.4 is 0 Å². The molecule has 4 aromatic rings. The van der Waals surface area contributed by atoms with Crippen LogP contribution in [0.15, 0.2) is 60.7 Å². The van der Waals surface area contributed by atoms with Gasteiger partial charge in [-0.3, -0.25) is 0 Å². The monoisotopic (exact) mass is 366 g/mol. The van der Waals surface area contributed by atoms with E-state index in [-0.39, 0.29) is 5.56 Å². The summed E-state index contributed by atoms with van der Waals surface area (Å²) in [6.45, 7) is 2.10. The number of rotatable bonds is 3. The van der Waals surface area contributed by atoms with Gasteiger partial charge in [0, 0.05) is 10.4 Å². The second-order valence-corrected chi connectivity index (χ2v) is 6.92. The molecule has 0 unspecified atom stereocenters. The van der Waals surface area contributed by atoms with Gasteiger partial charge in [0.05, 0.1) is 5.56 Å². The molecule has 0 radical (unpaired) electrons. The van der Waals surface area contributed by atoms with Crippen molar-refractivity contribution < 1.29 is 8.78 Å². The first-order valence-electron chi connectivity index (χ1n) is 8.68. The Bertz CT molecular complexity index is 1110. The molecule has 26 heavy (non-hydrogen) atoms. The van der Waals surface area contributed by atoms with Crippen molar-refractivity contribution in [2.24, 2.45) is 0 Å². The van der Waals surface area contributed by atoms with Crippen molar-refractivity contribution in [3.63, 3.8) is 0 Å². The molecule has 130 valence electrons. The molecule has 0 saturated heterocycles. The topological polar surface area (TPSA) is 0 Å². The fourth-order valence-electron chi connectivity index (χ4n) is 3.61. The van der Waals surface area contributed by atoms with E-state index in [0.717, 1.165) is 29.2 Å². The van der Waals surface area contributed by atoms with Crippen molar-refractivity contribution in [1.29, 1.82) is 0 Å². The molecule has 3 heteroatoms. The van der Waals surface area contributed by atoms with Gasteiger partial charge in [-0.25, -0.2) is 8.78 Å². The zero-order valence-electron chi connectivity index (χ0n) is 14.3. The molecule has 0 spiro atoms. The smallest absolute Gasteiger partial charge is 0.141 e. The van der Waals surface area contributed by atoms with E-state index < -0.39 is 11.6 Å². The van der Waals surface area contributed by atoms with E-state index in [1.54, 1.807) is 24.3 Å². The maximum absolute atomic E-state index is 15.4. The second kappa shape index (κ2) is 6.69. The van der Waals surface area contributed by atoms with E-state index in [1.807, 2.05) is 30.3 Å². The summed E-state index contributed by atoms with van der Waals surface area (Å²) in [6, 6.07) is 17.7. The highest BCUT2D eigenvalue weighted by atomic mass is 35.5. The zero-order chi connectivity index (χ0) is 18.3. The molecule has 0 bridgehead atoms. The molecule has 0 heterocycles. The molecule has 4 aromatic carbocycles. The average Bonchev–Trinajstić information content (AvgIpc) is 2.64. The fraction of sp³-hybridized carbons (Fsp3) is 0.130. The lowest BCUT2D eigenvalue weighted by Crippen LogP contribution is -1.96. The molecular weight excluding hydrogens is 350 g/mol. The number of fused-ring (bicyclic) bond motifs is 3. The first-order valence-corrected chi connectivity index (χ1v) is 9.06. The number of hydrogen-bond donors (Lipinski definition) is 0. The van der Waals surface area contributed by atoms with Crippen LogP contribution in [0.2, 0.25) is 5.02 Å². The third kappa shape index (κ3) is 2.75. The summed E-state index contributed by atoms with van der Waals surface area (Å²) < 4.78 is 30.3. The molecule has 0 atom stereocenters. The number of benzene rings is 4. The van der Waals surface area contributed by atoms with Gasteiger partial charge in [-0.2, -0.15) is 0 Å². The molecule has 0 aromatic heterocycles. The third-order valence-electron chi connectivity index (χ3n) is 4.79. The molecule has 0 N–H and O–H groups in total. The summed E-state index contributed by atoms with van der Waals surface area (Å²) in [6.07, 6.45) is 1.81. The lowest BCUT2D eigenvalue weighted by molar-refractivity contribution is 0.598. The van der Waals surface area contributed by atoms with Crippen molar-refractivity contribution in [2.45, 2.75) is 19.8 Å². The SMILES string of the molecule is CCCc1cc2c(F)c(-c3ccc(Cl)cc3)c(F)cc2c2ccccc12. The lowest BCUT2D eigenvalue weighted by Gasteiger charge is -2.14. The van der Waals surface area contributed by atoms with Gasteiger partial charge in [-0.05, 0) is 58.0 Å². The maximum atomic E-state index is 15.4. The standard InChI is InChI=1S/C23H17ClF2/c1-2-5-15-12-20-19(18-7-4-3-6-17(15)18)13-21(25)22(23(20)26)14-8-10-16(24)11-9-14/h3-4,6-13H,2,5H2,1H3. The van der Waals surface area contributed by atoms with Crippen molar-refractivity contribution in [3.8, 4) is 11.1 Å². The van der Waals surface area contributed by atoms with Crippen LogP contribution in [0.5, 0.6) is 0 Å². The highest BCUT2D eigenvalue weighted by Gasteiger charge is 2.18. The molecule has 4 rings (SSSR count). The van der Waals surface area contributed by atoms with Crippen LogP contribution in [-0.4, -0.2) is 0 Å². The van der Waals surface area contributed by atoms with E-state index in [4.69, 9.17) is 11.6 Å². The van der Waals surface area contributed by atoms with Gasteiger partial charge in [-0.1, -0.05) is 61.3 Å². The van der Waals surface area contributed by atoms with E-state index in [0.29, 0.717) is 21.4 Å². The van der Waals surface area contributed by atoms with Crippen LogP contribution in [0, 0.1) is 11.6 Å². The predicted octanol–water partition coefficient (Wildman–Crippen LogP) is 7.54. The van der Waals surface area contributed by atoms with E-state index in [1.165, 1.54) is 6.07 Å². The number of halogens is 3. The molecular formula is C23H17ClF2. The van der Waals surface area contributed by atoms with Gasteiger partial charge in [-0.15, -0.1) is 0 Å². The van der Waals surface area contributed by atoms with Gasteiger partial charge >= 0.3 is 0 Å². The van der Waals surface area contributed by atoms with Crippen molar-refractivity contribution in [1.82, 2.24) is 0 Å². The van der Waals surface area contributed by atoms with Gasteiger partial charge in [0.15, 0.2) is 0 Å². The number of hydrogen-bond acceptors (Lipinski definition) is 0. The van der Waals surface area contributed by atoms with Crippen LogP contribution in [0.25, 0.3) is 32.7 Å². The Kier molecular flexibility index (Phi) is 4.37. The number of aryl methyl sites for hydroxylation is 1. The molecule has 0 aliphatic rings. The quantitative estimate of drug-likeness (QED) is 0.328. The first kappa shape index (κ1) is 17.0. The second-order valence-electron chi connectivity index (χ2n) is 6.48. The summed E-state index contributed by atoms with van der Waals surface area (Å²) in [5.74, 6) is -1.09. The van der Waals surface area contributed by atoms with Gasteiger partial charge in [0.2, 0.25) is 0 Å². The van der Waals surface area contributed by atoms with Crippen molar-refractivity contribution >= 4 is 33.1 Å². The maximum Gasteiger partial charge on any atom is 0.141 e. The van der Waals surface area contributed by atoms with Gasteiger partial charge in [0.1, 0.15) is 11.6 Å². The molecule has 0 fully saturated rings. The first-order chi connectivity index (χ1) is 12.6. The van der Waals surface area contributed by atoms with E-state index in [9.17, 15) is 4.39 Å². The third-order valence-corrected chi connectivity index (χ3v) is 5.04. The zero-order valence-corrected chi connectivity index (χ0v) is 15.1. The van der Waals surface area contributed by atoms with Crippen LogP contribution in [0.4, 0.5) is 8.78 Å². The highest BCUT2D eigenvalue weighted by molar-refractivity contribution is 6.30. The van der Waals surface area contributed by atoms with Gasteiger partial charge < -0.3 is 0 Å². The van der Waals surface area contributed by atoms with Gasteiger partial charge in [0.25, 0.3) is 0 Å². The Morgan fingerprint density at radius 2 is 1.50 bits per heavy atom. The largest absolute Gasteiger partial charge is 0.206 e. The minimum Gasteiger partial charge on any atom is -0.206 e. The summed E-state index contributed by atoms with van der Waals surface area (Å²) in [7, 11) is 0. The minimum atomic E-state index is -0.564. The average molecular weight is 367 g/mol. The Hall–Kier alpha value is -2.45. The molecule has 0 aliphatic carbocycles. The van der Waals surface area contributed by atoms with E-state index in [2.05, 4.69) is 6.92 Å². The molecule has 0 amide bonds. The Labute approximate surface area is 156 Å². The van der Waals surface area contributed by atoms with Crippen LogP contribution in [0.3, 0.4) is 0 Å². The molecule has 0 aliphatic heterocycles. The molecule has 0 saturated carbocycles. The summed E-state index contributed by atoms with van der Waals surface area (Å²) in [5.41, 5.74) is 1.56. The minimum absolute atomic E-state index is 0.00750. The summed E-state index contributed by atoms with van der Waals surface area (Å²) in [5, 5.41) is 3.53. The fourth-order valence-corrected chi connectivity index (χ4v) is 3.73. The van der Waals surface area contributed by atoms with E-state index >= 15 is 4.39 Å². The Morgan fingerprint density at radius 1 is 0.808 bits per heavy atom. The van der Waals surface area contributed by atoms with Crippen LogP contribution in [0.1, 0.15) is 18.9 Å². The van der Waals surface area contributed by atoms with Crippen molar-refractivity contribution in [2.75, 3.05) is 0 Å². The van der Waals surface area contributed by atoms with Crippen LogP contribution >= 0.6 is 11.6 Å². The normalized spacial score (nSPS) is 11.4. The predicted molar refractivity (Wildman–Crippen MR) is 106 cm³/mol.